The van der Waals surface area contributed by atoms with E-state index in [4.69, 9.17) is 0 Å². The van der Waals surface area contributed by atoms with Crippen molar-refractivity contribution in [2.75, 3.05) is 6.54 Å². The van der Waals surface area contributed by atoms with Crippen molar-refractivity contribution in [1.29, 1.82) is 0 Å². The minimum absolute atomic E-state index is 0.206. The van der Waals surface area contributed by atoms with E-state index in [0.717, 1.165) is 23.0 Å². The normalized spacial score (nSPS) is 12.6. The van der Waals surface area contributed by atoms with Crippen molar-refractivity contribution in [3.8, 4) is 0 Å². The van der Waals surface area contributed by atoms with Crippen LogP contribution in [0.2, 0.25) is 0 Å². The molecule has 1 heterocycles. The third-order valence-electron chi connectivity index (χ3n) is 3.11. The Labute approximate surface area is 126 Å². The molecule has 0 aliphatic carbocycles. The fourth-order valence-corrected chi connectivity index (χ4v) is 3.67. The monoisotopic (exact) mass is 341 g/mol. The van der Waals surface area contributed by atoms with Crippen molar-refractivity contribution in [1.82, 2.24) is 5.32 Å². The Kier molecular flexibility index (Phi) is 5.13. The molecule has 0 fully saturated rings. The molecule has 0 bridgehead atoms. The van der Waals surface area contributed by atoms with Crippen LogP contribution in [0.4, 0.5) is 4.39 Å². The number of rotatable bonds is 5. The zero-order valence-electron chi connectivity index (χ0n) is 11.0. The Morgan fingerprint density at radius 2 is 2.16 bits per heavy atom. The number of aryl methyl sites for hydroxylation is 1. The molecule has 2 rings (SSSR count). The largest absolute Gasteiger partial charge is 0.309 e. The molecule has 0 radical (unpaired) electrons. The number of hydrogen-bond donors (Lipinski definition) is 1. The van der Waals surface area contributed by atoms with Crippen LogP contribution in [0.15, 0.2) is 34.1 Å². The van der Waals surface area contributed by atoms with E-state index >= 15 is 0 Å². The second-order valence-corrected chi connectivity index (χ2v) is 6.32. The van der Waals surface area contributed by atoms with Crippen LogP contribution in [-0.4, -0.2) is 6.54 Å². The maximum atomic E-state index is 13.1. The summed E-state index contributed by atoms with van der Waals surface area (Å²) in [6, 6.07) is 7.33. The maximum Gasteiger partial charge on any atom is 0.124 e. The molecule has 19 heavy (non-hydrogen) atoms. The number of thiophene rings is 1. The number of nitrogens with one attached hydrogen (secondary N) is 1. The van der Waals surface area contributed by atoms with Crippen LogP contribution in [0.1, 0.15) is 29.0 Å². The van der Waals surface area contributed by atoms with Gasteiger partial charge in [-0.2, -0.15) is 0 Å². The van der Waals surface area contributed by atoms with E-state index in [9.17, 15) is 4.39 Å². The van der Waals surface area contributed by atoms with Crippen molar-refractivity contribution in [2.45, 2.75) is 26.3 Å². The van der Waals surface area contributed by atoms with Crippen LogP contribution < -0.4 is 5.32 Å². The molecule has 1 aromatic heterocycles. The first-order valence-electron chi connectivity index (χ1n) is 6.33. The molecule has 1 N–H and O–H groups in total. The highest BCUT2D eigenvalue weighted by Crippen LogP contribution is 2.29. The van der Waals surface area contributed by atoms with Crippen LogP contribution >= 0.6 is 27.3 Å². The van der Waals surface area contributed by atoms with Gasteiger partial charge < -0.3 is 5.32 Å². The van der Waals surface area contributed by atoms with Gasteiger partial charge in [0.15, 0.2) is 0 Å². The van der Waals surface area contributed by atoms with Gasteiger partial charge in [0.2, 0.25) is 0 Å². The summed E-state index contributed by atoms with van der Waals surface area (Å²) < 4.78 is 14.0. The number of likely N-dealkylation sites (N-methyl/N-ethyl adjacent to an activating group) is 1. The molecule has 1 nitrogen and oxygen atoms in total. The summed E-state index contributed by atoms with van der Waals surface area (Å²) in [4.78, 5) is 1.36. The Morgan fingerprint density at radius 1 is 1.37 bits per heavy atom. The van der Waals surface area contributed by atoms with Gasteiger partial charge in [-0.1, -0.05) is 28.9 Å². The standard InChI is InChI=1S/C15H17BrFNS/c1-3-18-14(15-10(2)6-7-19-15)8-11-4-5-12(17)9-13(11)16/h4-7,9,14,18H,3,8H2,1-2H3. The molecule has 0 spiro atoms. The average molecular weight is 342 g/mol. The molecule has 0 saturated heterocycles. The van der Waals surface area contributed by atoms with Crippen LogP contribution in [0, 0.1) is 12.7 Å². The number of benzene rings is 1. The lowest BCUT2D eigenvalue weighted by Gasteiger charge is -2.18. The molecule has 1 unspecified atom stereocenters. The summed E-state index contributed by atoms with van der Waals surface area (Å²) in [5, 5.41) is 5.63. The van der Waals surface area contributed by atoms with E-state index in [1.165, 1.54) is 22.6 Å². The second kappa shape index (κ2) is 6.64. The van der Waals surface area contributed by atoms with Crippen molar-refractivity contribution in [3.63, 3.8) is 0 Å². The Bertz CT molecular complexity index is 553. The third-order valence-corrected chi connectivity index (χ3v) is 4.98. The lowest BCUT2D eigenvalue weighted by atomic mass is 10.0. The van der Waals surface area contributed by atoms with Gasteiger partial charge in [0, 0.05) is 15.4 Å². The minimum Gasteiger partial charge on any atom is -0.309 e. The fraction of sp³-hybridized carbons (Fsp3) is 0.333. The predicted octanol–water partition coefficient (Wildman–Crippen LogP) is 4.85. The SMILES string of the molecule is CCNC(Cc1ccc(F)cc1Br)c1sccc1C. The molecular weight excluding hydrogens is 325 g/mol. The highest BCUT2D eigenvalue weighted by atomic mass is 79.9. The second-order valence-electron chi connectivity index (χ2n) is 4.52. The van der Waals surface area contributed by atoms with Gasteiger partial charge in [-0.25, -0.2) is 4.39 Å². The molecule has 2 aromatic rings. The number of halogens is 2. The Hall–Kier alpha value is -0.710. The zero-order valence-corrected chi connectivity index (χ0v) is 13.4. The fourth-order valence-electron chi connectivity index (χ4n) is 2.15. The molecule has 1 aromatic carbocycles. The molecule has 0 aliphatic heterocycles. The summed E-state index contributed by atoms with van der Waals surface area (Å²) >= 11 is 5.22. The van der Waals surface area contributed by atoms with Gasteiger partial charge in [0.25, 0.3) is 0 Å². The van der Waals surface area contributed by atoms with Gasteiger partial charge in [-0.3, -0.25) is 0 Å². The molecule has 0 amide bonds. The summed E-state index contributed by atoms with van der Waals surface area (Å²) in [6.45, 7) is 5.16. The summed E-state index contributed by atoms with van der Waals surface area (Å²) in [5.74, 6) is -0.206. The van der Waals surface area contributed by atoms with E-state index in [0.29, 0.717) is 0 Å². The maximum absolute atomic E-state index is 13.1. The molecule has 102 valence electrons. The Morgan fingerprint density at radius 3 is 2.74 bits per heavy atom. The lowest BCUT2D eigenvalue weighted by molar-refractivity contribution is 0.554. The molecule has 1 atom stereocenters. The molecule has 0 aliphatic rings. The van der Waals surface area contributed by atoms with Crippen LogP contribution in [0.25, 0.3) is 0 Å². The van der Waals surface area contributed by atoms with Crippen molar-refractivity contribution < 1.29 is 4.39 Å². The lowest BCUT2D eigenvalue weighted by Crippen LogP contribution is -2.22. The summed E-state index contributed by atoms with van der Waals surface area (Å²) in [5.41, 5.74) is 2.44. The summed E-state index contributed by atoms with van der Waals surface area (Å²) in [7, 11) is 0. The van der Waals surface area contributed by atoms with Gasteiger partial charge in [-0.05, 0) is 54.6 Å². The molecular formula is C15H17BrFNS. The van der Waals surface area contributed by atoms with Crippen molar-refractivity contribution in [3.05, 3.63) is 55.9 Å². The smallest absolute Gasteiger partial charge is 0.124 e. The van der Waals surface area contributed by atoms with Gasteiger partial charge >= 0.3 is 0 Å². The van der Waals surface area contributed by atoms with Crippen molar-refractivity contribution in [2.24, 2.45) is 0 Å². The zero-order chi connectivity index (χ0) is 13.8. The van der Waals surface area contributed by atoms with E-state index in [1.807, 2.05) is 6.07 Å². The summed E-state index contributed by atoms with van der Waals surface area (Å²) in [6.07, 6.45) is 0.857. The van der Waals surface area contributed by atoms with E-state index in [-0.39, 0.29) is 11.9 Å². The quantitative estimate of drug-likeness (QED) is 0.819. The minimum atomic E-state index is -0.206. The first kappa shape index (κ1) is 14.7. The van der Waals surface area contributed by atoms with Crippen LogP contribution in [-0.2, 0) is 6.42 Å². The van der Waals surface area contributed by atoms with Crippen LogP contribution in [0.3, 0.4) is 0 Å². The van der Waals surface area contributed by atoms with Gasteiger partial charge in [0.1, 0.15) is 5.82 Å². The first-order chi connectivity index (χ1) is 9.11. The van der Waals surface area contributed by atoms with Crippen LogP contribution in [0.5, 0.6) is 0 Å². The van der Waals surface area contributed by atoms with Crippen molar-refractivity contribution >= 4 is 27.3 Å². The number of hydrogen-bond acceptors (Lipinski definition) is 2. The Balaban J connectivity index is 2.24. The van der Waals surface area contributed by atoms with E-state index < -0.39 is 0 Å². The molecule has 4 heteroatoms. The topological polar surface area (TPSA) is 12.0 Å². The van der Waals surface area contributed by atoms with Gasteiger partial charge in [0.05, 0.1) is 0 Å². The van der Waals surface area contributed by atoms with Gasteiger partial charge in [-0.15, -0.1) is 11.3 Å². The predicted molar refractivity (Wildman–Crippen MR) is 83.3 cm³/mol. The average Bonchev–Trinajstić information content (AvgIpc) is 2.78. The van der Waals surface area contributed by atoms with E-state index in [1.54, 1.807) is 11.3 Å². The van der Waals surface area contributed by atoms with E-state index in [2.05, 4.69) is 46.5 Å². The third kappa shape index (κ3) is 3.65. The molecule has 0 saturated carbocycles. The highest BCUT2D eigenvalue weighted by molar-refractivity contribution is 9.10. The highest BCUT2D eigenvalue weighted by Gasteiger charge is 2.16. The first-order valence-corrected chi connectivity index (χ1v) is 8.00.